The normalized spacial score (nSPS) is 13.8. The lowest BCUT2D eigenvalue weighted by Crippen LogP contribution is -2.15. The maximum atomic E-state index is 11.6. The van der Waals surface area contributed by atoms with E-state index in [2.05, 4.69) is 11.4 Å². The minimum Gasteiger partial charge on any atom is -0.370 e. The Morgan fingerprint density at radius 2 is 1.81 bits per heavy atom. The summed E-state index contributed by atoms with van der Waals surface area (Å²) in [6.07, 6.45) is 0.507. The zero-order valence-electron chi connectivity index (χ0n) is 10.3. The van der Waals surface area contributed by atoms with E-state index in [1.54, 1.807) is 20.8 Å². The summed E-state index contributed by atoms with van der Waals surface area (Å²) in [6.45, 7) is 10.5. The lowest BCUT2D eigenvalue weighted by molar-refractivity contribution is -0.139. The molecule has 0 aromatic rings. The van der Waals surface area contributed by atoms with Gasteiger partial charge in [0.15, 0.2) is 5.78 Å². The van der Waals surface area contributed by atoms with E-state index in [0.29, 0.717) is 17.6 Å². The third kappa shape index (κ3) is 3.98. The number of carbonyl (C=O) groups excluding carboxylic acids is 2. The largest absolute Gasteiger partial charge is 0.370 e. The molecule has 0 aliphatic carbocycles. The van der Waals surface area contributed by atoms with Gasteiger partial charge in [-0.25, -0.2) is 4.79 Å². The molecule has 0 saturated heterocycles. The van der Waals surface area contributed by atoms with Gasteiger partial charge in [-0.1, -0.05) is 19.1 Å². The van der Waals surface area contributed by atoms with E-state index >= 15 is 0 Å². The van der Waals surface area contributed by atoms with Crippen LogP contribution < -0.4 is 5.90 Å². The number of Topliss-reactive ketones (excluding diaryl/α,β-unsaturated/α-hetero) is 1. The molecule has 4 nitrogen and oxygen atoms in total. The Morgan fingerprint density at radius 3 is 2.19 bits per heavy atom. The number of allylic oxidation sites excluding steroid dienone is 2. The topological polar surface area (TPSA) is 69.4 Å². The Labute approximate surface area is 96.1 Å². The van der Waals surface area contributed by atoms with Crippen molar-refractivity contribution in [3.8, 4) is 0 Å². The van der Waals surface area contributed by atoms with Crippen molar-refractivity contribution in [1.82, 2.24) is 0 Å². The van der Waals surface area contributed by atoms with Gasteiger partial charge in [-0.3, -0.25) is 4.79 Å². The molecule has 90 valence electrons. The molecule has 0 aromatic heterocycles. The molecule has 0 bridgehead atoms. The molecule has 0 fully saturated rings. The van der Waals surface area contributed by atoms with E-state index in [1.807, 2.05) is 6.92 Å². The molecular weight excluding hydrogens is 206 g/mol. The Morgan fingerprint density at radius 1 is 1.31 bits per heavy atom. The summed E-state index contributed by atoms with van der Waals surface area (Å²) in [7, 11) is 0. The van der Waals surface area contributed by atoms with E-state index in [9.17, 15) is 9.59 Å². The zero-order chi connectivity index (χ0) is 12.9. The van der Waals surface area contributed by atoms with Crippen molar-refractivity contribution in [3.05, 3.63) is 23.3 Å². The quantitative estimate of drug-likeness (QED) is 0.573. The van der Waals surface area contributed by atoms with Crippen LogP contribution in [0.5, 0.6) is 0 Å². The van der Waals surface area contributed by atoms with Crippen molar-refractivity contribution in [1.29, 1.82) is 0 Å². The van der Waals surface area contributed by atoms with Gasteiger partial charge in [0, 0.05) is 11.5 Å². The maximum absolute atomic E-state index is 11.6. The number of carbonyl (C=O) groups is 2. The van der Waals surface area contributed by atoms with E-state index < -0.39 is 5.97 Å². The maximum Gasteiger partial charge on any atom is 0.352 e. The highest BCUT2D eigenvalue weighted by Crippen LogP contribution is 2.18. The van der Waals surface area contributed by atoms with Crippen molar-refractivity contribution in [2.75, 3.05) is 0 Å². The van der Waals surface area contributed by atoms with Crippen molar-refractivity contribution in [2.45, 2.75) is 34.1 Å². The minimum atomic E-state index is -0.563. The van der Waals surface area contributed by atoms with Gasteiger partial charge in [-0.15, -0.1) is 0 Å². The van der Waals surface area contributed by atoms with E-state index in [4.69, 9.17) is 5.90 Å². The van der Waals surface area contributed by atoms with Crippen LogP contribution in [0, 0.1) is 5.92 Å². The first kappa shape index (κ1) is 14.6. The van der Waals surface area contributed by atoms with E-state index in [1.165, 1.54) is 0 Å². The first-order chi connectivity index (χ1) is 7.31. The fourth-order valence-corrected chi connectivity index (χ4v) is 1.39. The van der Waals surface area contributed by atoms with Crippen LogP contribution in [0.3, 0.4) is 0 Å². The van der Waals surface area contributed by atoms with Gasteiger partial charge in [-0.05, 0) is 32.8 Å². The predicted octanol–water partition coefficient (Wildman–Crippen LogP) is 1.91. The molecule has 0 amide bonds. The molecule has 0 spiro atoms. The zero-order valence-corrected chi connectivity index (χ0v) is 10.3. The van der Waals surface area contributed by atoms with Gasteiger partial charge in [-0.2, -0.15) is 5.90 Å². The molecule has 4 heteroatoms. The summed E-state index contributed by atoms with van der Waals surface area (Å²) in [4.78, 5) is 26.8. The monoisotopic (exact) mass is 225 g/mol. The lowest BCUT2D eigenvalue weighted by Gasteiger charge is -2.12. The fourth-order valence-electron chi connectivity index (χ4n) is 1.39. The van der Waals surface area contributed by atoms with Gasteiger partial charge in [0.25, 0.3) is 0 Å². The number of rotatable bonds is 5. The molecule has 0 aliphatic heterocycles. The molecule has 1 unspecified atom stereocenters. The van der Waals surface area contributed by atoms with Gasteiger partial charge < -0.3 is 4.84 Å². The smallest absolute Gasteiger partial charge is 0.352 e. The molecular formula is C12H19NO3. The highest BCUT2D eigenvalue weighted by molar-refractivity contribution is 5.96. The summed E-state index contributed by atoms with van der Waals surface area (Å²) in [5.74, 6) is 4.05. The summed E-state index contributed by atoms with van der Waals surface area (Å²) in [6, 6.07) is 0. The van der Waals surface area contributed by atoms with Crippen LogP contribution in [-0.4, -0.2) is 11.8 Å². The average Bonchev–Trinajstić information content (AvgIpc) is 2.25. The van der Waals surface area contributed by atoms with Gasteiger partial charge in [0.05, 0.1) is 0 Å². The summed E-state index contributed by atoms with van der Waals surface area (Å²) in [5.41, 5.74) is 1.78. The Kier molecular flexibility index (Phi) is 5.67. The number of nitrogens with two attached hydrogens (primary N) is 1. The standard InChI is InChI=1S/C12H19NO3/c1-7(2)11(14)9(4)6-8(3)10(5)12(15)16-13/h9H,1,6,13H2,2-5H3/b10-8-. The van der Waals surface area contributed by atoms with Crippen molar-refractivity contribution < 1.29 is 14.4 Å². The highest BCUT2D eigenvalue weighted by atomic mass is 16.7. The number of hydrogen-bond acceptors (Lipinski definition) is 4. The molecule has 1 atom stereocenters. The Bertz CT molecular complexity index is 342. The van der Waals surface area contributed by atoms with Crippen LogP contribution in [0.25, 0.3) is 0 Å². The lowest BCUT2D eigenvalue weighted by atomic mass is 9.92. The SMILES string of the molecule is C=C(C)C(=O)C(C)C/C(C)=C(/C)C(=O)ON. The third-order valence-electron chi connectivity index (χ3n) is 2.53. The summed E-state index contributed by atoms with van der Waals surface area (Å²) >= 11 is 0. The average molecular weight is 225 g/mol. The van der Waals surface area contributed by atoms with Crippen LogP contribution in [0.1, 0.15) is 34.1 Å². The van der Waals surface area contributed by atoms with Gasteiger partial charge in [0.1, 0.15) is 0 Å². The third-order valence-corrected chi connectivity index (χ3v) is 2.53. The molecule has 0 rings (SSSR count). The number of ketones is 1. The first-order valence-corrected chi connectivity index (χ1v) is 5.08. The van der Waals surface area contributed by atoms with Crippen molar-refractivity contribution in [3.63, 3.8) is 0 Å². The second-order valence-corrected chi connectivity index (χ2v) is 4.06. The molecule has 0 saturated carbocycles. The molecule has 0 heterocycles. The second kappa shape index (κ2) is 6.23. The van der Waals surface area contributed by atoms with Gasteiger partial charge in [0.2, 0.25) is 0 Å². The van der Waals surface area contributed by atoms with E-state index in [0.717, 1.165) is 5.57 Å². The predicted molar refractivity (Wildman–Crippen MR) is 62.3 cm³/mol. The summed E-state index contributed by atoms with van der Waals surface area (Å²) < 4.78 is 0. The highest BCUT2D eigenvalue weighted by Gasteiger charge is 2.16. The van der Waals surface area contributed by atoms with Crippen LogP contribution in [0.2, 0.25) is 0 Å². The van der Waals surface area contributed by atoms with Crippen LogP contribution in [0.15, 0.2) is 23.3 Å². The van der Waals surface area contributed by atoms with Crippen LogP contribution in [-0.2, 0) is 14.4 Å². The van der Waals surface area contributed by atoms with Crippen LogP contribution in [0.4, 0.5) is 0 Å². The molecule has 2 N–H and O–H groups in total. The fraction of sp³-hybridized carbons (Fsp3) is 0.500. The Hall–Kier alpha value is -1.42. The molecule has 16 heavy (non-hydrogen) atoms. The van der Waals surface area contributed by atoms with Gasteiger partial charge >= 0.3 is 5.97 Å². The second-order valence-electron chi connectivity index (χ2n) is 4.06. The Balaban J connectivity index is 4.68. The van der Waals surface area contributed by atoms with Crippen molar-refractivity contribution in [2.24, 2.45) is 11.8 Å². The minimum absolute atomic E-state index is 0.00765. The molecule has 0 aromatic carbocycles. The first-order valence-electron chi connectivity index (χ1n) is 5.08. The molecule has 0 aliphatic rings. The van der Waals surface area contributed by atoms with Crippen LogP contribution >= 0.6 is 0 Å². The molecule has 0 radical (unpaired) electrons. The van der Waals surface area contributed by atoms with E-state index in [-0.39, 0.29) is 11.7 Å². The summed E-state index contributed by atoms with van der Waals surface area (Å²) in [5, 5.41) is 0. The number of hydrogen-bond donors (Lipinski definition) is 1. The van der Waals surface area contributed by atoms with Crippen molar-refractivity contribution >= 4 is 11.8 Å².